The molecule has 0 bridgehead atoms. The van der Waals surface area contributed by atoms with Crippen LogP contribution in [0.5, 0.6) is 0 Å². The Kier molecular flexibility index (Phi) is 7.55. The summed E-state index contributed by atoms with van der Waals surface area (Å²) in [7, 11) is 4.27. The van der Waals surface area contributed by atoms with E-state index >= 15 is 0 Å². The summed E-state index contributed by atoms with van der Waals surface area (Å²) in [5.74, 6) is 0.651. The summed E-state index contributed by atoms with van der Waals surface area (Å²) in [6.07, 6.45) is 3.95. The van der Waals surface area contributed by atoms with E-state index in [0.29, 0.717) is 17.2 Å². The van der Waals surface area contributed by atoms with Gasteiger partial charge in [0.25, 0.3) is 0 Å². The number of benzene rings is 2. The number of nitrogens with zero attached hydrogens (tertiary/aromatic N) is 3. The van der Waals surface area contributed by atoms with Crippen molar-refractivity contribution in [2.45, 2.75) is 10.1 Å². The van der Waals surface area contributed by atoms with Crippen molar-refractivity contribution >= 4 is 38.2 Å². The minimum atomic E-state index is -3.59. The summed E-state index contributed by atoms with van der Waals surface area (Å²) in [4.78, 5) is 2.31. The standard InChI is InChI=1S/C19H25N4O2S2.BrH/c1-21(2)17-9-5-8-16-15(17)7-6-10-18(16)27(24,25)20-11-14-26-19-22(3)12-13-23(19)4;/h5-10,12-13,20H,11,14H2,1-4H3;1H/q+1;/p-1. The van der Waals surface area contributed by atoms with Crippen LogP contribution in [0.15, 0.2) is 58.8 Å². The van der Waals surface area contributed by atoms with Gasteiger partial charge in [0.05, 0.1) is 19.0 Å². The number of sulfonamides is 1. The highest BCUT2D eigenvalue weighted by Gasteiger charge is 2.19. The number of fused-ring (bicyclic) bond motifs is 1. The van der Waals surface area contributed by atoms with E-state index in [0.717, 1.165) is 21.6 Å². The molecule has 1 aromatic heterocycles. The van der Waals surface area contributed by atoms with Crippen LogP contribution < -0.4 is 31.2 Å². The second kappa shape index (κ2) is 9.30. The number of imidazole rings is 1. The van der Waals surface area contributed by atoms with Gasteiger partial charge in [0.2, 0.25) is 10.0 Å². The Morgan fingerprint density at radius 3 is 2.46 bits per heavy atom. The van der Waals surface area contributed by atoms with Gasteiger partial charge in [-0.25, -0.2) is 22.3 Å². The zero-order valence-electron chi connectivity index (χ0n) is 16.4. The molecule has 3 rings (SSSR count). The average molecular weight is 485 g/mol. The normalized spacial score (nSPS) is 11.4. The SMILES string of the molecule is CN(C)c1cccc2c(S(=O)(=O)NCCSc3n(C)cc[n+]3C)cccc12.[Br-]. The maximum absolute atomic E-state index is 12.9. The van der Waals surface area contributed by atoms with Gasteiger partial charge in [0.1, 0.15) is 12.4 Å². The molecule has 0 atom stereocenters. The lowest BCUT2D eigenvalue weighted by atomic mass is 10.1. The number of thioether (sulfide) groups is 1. The van der Waals surface area contributed by atoms with E-state index in [1.807, 2.05) is 78.9 Å². The van der Waals surface area contributed by atoms with E-state index in [4.69, 9.17) is 0 Å². The summed E-state index contributed by atoms with van der Waals surface area (Å²) >= 11 is 1.62. The van der Waals surface area contributed by atoms with E-state index < -0.39 is 10.0 Å². The van der Waals surface area contributed by atoms with E-state index in [2.05, 4.69) is 4.72 Å². The average Bonchev–Trinajstić information content (AvgIpc) is 2.95. The maximum atomic E-state index is 12.9. The van der Waals surface area contributed by atoms with Crippen molar-refractivity contribution in [3.8, 4) is 0 Å². The molecule has 2 aromatic carbocycles. The lowest BCUT2D eigenvalue weighted by molar-refractivity contribution is -0.709. The van der Waals surface area contributed by atoms with E-state index in [1.165, 1.54) is 0 Å². The lowest BCUT2D eigenvalue weighted by Crippen LogP contribution is -3.00. The number of anilines is 1. The Morgan fingerprint density at radius 1 is 1.14 bits per heavy atom. The van der Waals surface area contributed by atoms with Crippen molar-refractivity contribution in [1.82, 2.24) is 9.29 Å². The van der Waals surface area contributed by atoms with Crippen molar-refractivity contribution in [2.75, 3.05) is 31.3 Å². The molecule has 0 unspecified atom stereocenters. The molecule has 3 aromatic rings. The van der Waals surface area contributed by atoms with Crippen molar-refractivity contribution in [2.24, 2.45) is 14.1 Å². The summed E-state index contributed by atoms with van der Waals surface area (Å²) in [6, 6.07) is 11.1. The Morgan fingerprint density at radius 2 is 1.82 bits per heavy atom. The Hall–Kier alpha value is -1.55. The van der Waals surface area contributed by atoms with Crippen molar-refractivity contribution in [1.29, 1.82) is 0 Å². The van der Waals surface area contributed by atoms with Crippen LogP contribution in [0.2, 0.25) is 0 Å². The topological polar surface area (TPSA) is 58.2 Å². The first kappa shape index (κ1) is 22.7. The van der Waals surface area contributed by atoms with E-state index in [1.54, 1.807) is 23.9 Å². The summed E-state index contributed by atoms with van der Waals surface area (Å²) in [5.41, 5.74) is 0.997. The Bertz CT molecular complexity index is 1050. The second-order valence-corrected chi connectivity index (χ2v) is 9.37. The maximum Gasteiger partial charge on any atom is 0.317 e. The Balaban J connectivity index is 0.00000280. The summed E-state index contributed by atoms with van der Waals surface area (Å²) in [6.45, 7) is 0.363. The molecule has 0 saturated carbocycles. The highest BCUT2D eigenvalue weighted by molar-refractivity contribution is 7.99. The van der Waals surface area contributed by atoms with Crippen LogP contribution in [0.3, 0.4) is 0 Å². The van der Waals surface area contributed by atoms with Gasteiger partial charge in [-0.3, -0.25) is 0 Å². The first-order chi connectivity index (χ1) is 12.8. The summed E-state index contributed by atoms with van der Waals surface area (Å²) in [5, 5.41) is 2.74. The van der Waals surface area contributed by atoms with Gasteiger partial charge >= 0.3 is 5.16 Å². The number of hydrogen-bond acceptors (Lipinski definition) is 4. The molecule has 0 aliphatic rings. The monoisotopic (exact) mass is 484 g/mol. The minimum absolute atomic E-state index is 0. The van der Waals surface area contributed by atoms with Gasteiger partial charge in [-0.15, -0.1) is 0 Å². The van der Waals surface area contributed by atoms with Gasteiger partial charge in [-0.05, 0) is 23.9 Å². The number of hydrogen-bond donors (Lipinski definition) is 1. The fourth-order valence-electron chi connectivity index (χ4n) is 3.06. The summed E-state index contributed by atoms with van der Waals surface area (Å²) < 4.78 is 32.5. The molecular weight excluding hydrogens is 460 g/mol. The molecule has 0 radical (unpaired) electrons. The molecule has 0 fully saturated rings. The third-order valence-electron chi connectivity index (χ3n) is 4.37. The molecule has 9 heteroatoms. The zero-order chi connectivity index (χ0) is 19.6. The number of aryl methyl sites for hydroxylation is 2. The number of halogens is 1. The molecule has 28 heavy (non-hydrogen) atoms. The van der Waals surface area contributed by atoms with Crippen LogP contribution in [0.1, 0.15) is 0 Å². The van der Waals surface area contributed by atoms with Crippen molar-refractivity contribution in [3.63, 3.8) is 0 Å². The third-order valence-corrected chi connectivity index (χ3v) is 7.13. The number of nitrogens with one attached hydrogen (secondary N) is 1. The fourth-order valence-corrected chi connectivity index (χ4v) is 5.36. The third kappa shape index (κ3) is 4.71. The van der Waals surface area contributed by atoms with Crippen LogP contribution in [0, 0.1) is 0 Å². The van der Waals surface area contributed by atoms with Crippen LogP contribution in [0.4, 0.5) is 5.69 Å². The highest BCUT2D eigenvalue weighted by atomic mass is 79.9. The molecule has 1 heterocycles. The first-order valence-corrected chi connectivity index (χ1v) is 11.1. The second-order valence-electron chi connectivity index (χ2n) is 6.57. The molecule has 0 amide bonds. The van der Waals surface area contributed by atoms with Crippen molar-refractivity contribution in [3.05, 3.63) is 48.8 Å². The quantitative estimate of drug-likeness (QED) is 0.269. The van der Waals surface area contributed by atoms with Gasteiger partial charge in [0, 0.05) is 42.9 Å². The van der Waals surface area contributed by atoms with Gasteiger partial charge in [-0.1, -0.05) is 24.3 Å². The molecule has 0 aliphatic heterocycles. The van der Waals surface area contributed by atoms with Crippen molar-refractivity contribution < 1.29 is 30.0 Å². The fraction of sp³-hybridized carbons (Fsp3) is 0.316. The van der Waals surface area contributed by atoms with Gasteiger partial charge < -0.3 is 21.9 Å². The minimum Gasteiger partial charge on any atom is -1.00 e. The van der Waals surface area contributed by atoms with E-state index in [9.17, 15) is 8.42 Å². The Labute approximate surface area is 181 Å². The molecule has 6 nitrogen and oxygen atoms in total. The molecule has 1 N–H and O–H groups in total. The molecular formula is C19H25BrN4O2S2. The molecule has 152 valence electrons. The smallest absolute Gasteiger partial charge is 0.317 e. The largest absolute Gasteiger partial charge is 1.00 e. The predicted octanol–water partition coefficient (Wildman–Crippen LogP) is -0.857. The van der Waals surface area contributed by atoms with Crippen LogP contribution >= 0.6 is 11.8 Å². The number of aromatic nitrogens is 2. The van der Waals surface area contributed by atoms with Crippen LogP contribution in [0.25, 0.3) is 10.8 Å². The van der Waals surface area contributed by atoms with Crippen LogP contribution in [-0.2, 0) is 24.1 Å². The van der Waals surface area contributed by atoms with E-state index in [-0.39, 0.29) is 17.0 Å². The predicted molar refractivity (Wildman–Crippen MR) is 111 cm³/mol. The number of rotatable bonds is 7. The molecule has 0 aliphatic carbocycles. The van der Waals surface area contributed by atoms with Gasteiger partial charge in [0.15, 0.2) is 0 Å². The van der Waals surface area contributed by atoms with Crippen LogP contribution in [-0.4, -0.2) is 39.4 Å². The highest BCUT2D eigenvalue weighted by Crippen LogP contribution is 2.30. The van der Waals surface area contributed by atoms with Gasteiger partial charge in [-0.2, -0.15) is 0 Å². The lowest BCUT2D eigenvalue weighted by Gasteiger charge is -2.17. The first-order valence-electron chi connectivity index (χ1n) is 8.64. The molecule has 0 saturated heterocycles. The molecule has 0 spiro atoms. The zero-order valence-corrected chi connectivity index (χ0v) is 19.6.